The zero-order chi connectivity index (χ0) is 15.1. The van der Waals surface area contributed by atoms with Crippen LogP contribution in [-0.2, 0) is 14.6 Å². The Balaban J connectivity index is 2.49. The van der Waals surface area contributed by atoms with Crippen molar-refractivity contribution in [2.24, 2.45) is 11.1 Å². The molecule has 0 aromatic heterocycles. The van der Waals surface area contributed by atoms with Crippen molar-refractivity contribution in [3.8, 4) is 0 Å². The average Bonchev–Trinajstić information content (AvgIpc) is 3.01. The minimum atomic E-state index is -3.29. The number of methoxy groups -OCH3 is 1. The molecule has 0 bridgehead atoms. The van der Waals surface area contributed by atoms with E-state index in [1.54, 1.807) is 24.3 Å². The lowest BCUT2D eigenvalue weighted by molar-refractivity contribution is 0.166. The molecule has 1 aliphatic carbocycles. The second kappa shape index (κ2) is 5.26. The number of thiocarbonyl (C=S) groups is 1. The first kappa shape index (κ1) is 15.7. The Labute approximate surface area is 129 Å². The molecule has 4 nitrogen and oxygen atoms in total. The Morgan fingerprint density at radius 3 is 2.40 bits per heavy atom. The standard InChI is InChI=1S/C13H16ClNO3S2/c1-18-7-13(12(15)19)10(11(13)20(2,16)17)8-3-5-9(14)6-4-8/h3-6,10-11H,7H2,1-2H3,(H2,15,19)/t10-,11+,13-/m0/s1. The van der Waals surface area contributed by atoms with E-state index < -0.39 is 20.5 Å². The van der Waals surface area contributed by atoms with Crippen LogP contribution >= 0.6 is 23.8 Å². The molecule has 7 heteroatoms. The van der Waals surface area contributed by atoms with E-state index in [4.69, 9.17) is 34.3 Å². The Morgan fingerprint density at radius 2 is 2.00 bits per heavy atom. The zero-order valence-corrected chi connectivity index (χ0v) is 13.6. The normalized spacial score (nSPS) is 29.1. The molecular formula is C13H16ClNO3S2. The summed E-state index contributed by atoms with van der Waals surface area (Å²) >= 11 is 11.0. The van der Waals surface area contributed by atoms with Gasteiger partial charge in [-0.2, -0.15) is 0 Å². The Hall–Kier alpha value is -0.690. The van der Waals surface area contributed by atoms with E-state index in [0.29, 0.717) is 5.02 Å². The highest BCUT2D eigenvalue weighted by molar-refractivity contribution is 7.92. The predicted molar refractivity (Wildman–Crippen MR) is 83.9 cm³/mol. The lowest BCUT2D eigenvalue weighted by Gasteiger charge is -2.15. The van der Waals surface area contributed by atoms with Crippen LogP contribution in [0.15, 0.2) is 24.3 Å². The van der Waals surface area contributed by atoms with Gasteiger partial charge in [0.25, 0.3) is 0 Å². The molecule has 1 aliphatic rings. The number of benzene rings is 1. The second-order valence-corrected chi connectivity index (χ2v) is 8.16. The van der Waals surface area contributed by atoms with Crippen molar-refractivity contribution >= 4 is 38.6 Å². The first-order valence-corrected chi connectivity index (χ1v) is 8.72. The number of sulfone groups is 1. The largest absolute Gasteiger partial charge is 0.393 e. The summed E-state index contributed by atoms with van der Waals surface area (Å²) in [5.41, 5.74) is 5.85. The van der Waals surface area contributed by atoms with Gasteiger partial charge in [0.05, 0.1) is 22.3 Å². The maximum absolute atomic E-state index is 12.0. The minimum Gasteiger partial charge on any atom is -0.393 e. The van der Waals surface area contributed by atoms with E-state index in [1.165, 1.54) is 13.4 Å². The molecule has 1 aromatic rings. The van der Waals surface area contributed by atoms with Crippen molar-refractivity contribution in [1.82, 2.24) is 0 Å². The Bertz CT molecular complexity index is 630. The van der Waals surface area contributed by atoms with Gasteiger partial charge in [-0.1, -0.05) is 36.0 Å². The first-order valence-electron chi connectivity index (χ1n) is 5.98. The van der Waals surface area contributed by atoms with Crippen LogP contribution < -0.4 is 5.73 Å². The molecule has 2 rings (SSSR count). The maximum Gasteiger partial charge on any atom is 0.152 e. The first-order chi connectivity index (χ1) is 9.25. The number of hydrogen-bond acceptors (Lipinski definition) is 4. The van der Waals surface area contributed by atoms with Crippen molar-refractivity contribution in [3.63, 3.8) is 0 Å². The third-order valence-corrected chi connectivity index (χ3v) is 6.04. The molecule has 0 saturated heterocycles. The fourth-order valence-corrected chi connectivity index (χ4v) is 5.39. The molecule has 110 valence electrons. The average molecular weight is 334 g/mol. The van der Waals surface area contributed by atoms with E-state index in [2.05, 4.69) is 0 Å². The van der Waals surface area contributed by atoms with Crippen LogP contribution in [0.25, 0.3) is 0 Å². The van der Waals surface area contributed by atoms with E-state index in [1.807, 2.05) is 0 Å². The fraction of sp³-hybridized carbons (Fsp3) is 0.462. The summed E-state index contributed by atoms with van der Waals surface area (Å²) in [6.45, 7) is 0.188. The van der Waals surface area contributed by atoms with Crippen LogP contribution in [0.2, 0.25) is 5.02 Å². The molecule has 0 aliphatic heterocycles. The summed E-state index contributed by atoms with van der Waals surface area (Å²) in [6, 6.07) is 7.07. The molecular weight excluding hydrogens is 318 g/mol. The summed E-state index contributed by atoms with van der Waals surface area (Å²) in [7, 11) is -1.78. The third kappa shape index (κ3) is 2.45. The lowest BCUT2D eigenvalue weighted by atomic mass is 10.00. The number of nitrogens with two attached hydrogens (primary N) is 1. The van der Waals surface area contributed by atoms with E-state index in [-0.39, 0.29) is 17.5 Å². The number of rotatable bonds is 5. The number of hydrogen-bond donors (Lipinski definition) is 1. The summed E-state index contributed by atoms with van der Waals surface area (Å²) in [5, 5.41) is -0.0494. The van der Waals surface area contributed by atoms with Gasteiger partial charge in [0.15, 0.2) is 9.84 Å². The van der Waals surface area contributed by atoms with Gasteiger partial charge < -0.3 is 10.5 Å². The molecule has 0 spiro atoms. The third-order valence-electron chi connectivity index (χ3n) is 3.79. The highest BCUT2D eigenvalue weighted by Crippen LogP contribution is 2.63. The van der Waals surface area contributed by atoms with Crippen molar-refractivity contribution in [2.75, 3.05) is 20.0 Å². The van der Waals surface area contributed by atoms with Crippen molar-refractivity contribution in [1.29, 1.82) is 0 Å². The molecule has 1 fully saturated rings. The Kier molecular flexibility index (Phi) is 4.12. The van der Waals surface area contributed by atoms with Gasteiger partial charge in [-0.05, 0) is 17.7 Å². The molecule has 1 aromatic carbocycles. The van der Waals surface area contributed by atoms with E-state index in [0.717, 1.165) is 5.56 Å². The number of halogens is 1. The molecule has 3 atom stereocenters. The molecule has 0 radical (unpaired) electrons. The zero-order valence-electron chi connectivity index (χ0n) is 11.2. The molecule has 0 amide bonds. The molecule has 0 heterocycles. The van der Waals surface area contributed by atoms with Crippen molar-refractivity contribution in [2.45, 2.75) is 11.2 Å². The van der Waals surface area contributed by atoms with Crippen molar-refractivity contribution < 1.29 is 13.2 Å². The van der Waals surface area contributed by atoms with Gasteiger partial charge in [0, 0.05) is 24.3 Å². The monoisotopic (exact) mass is 333 g/mol. The van der Waals surface area contributed by atoms with Crippen LogP contribution in [0.1, 0.15) is 11.5 Å². The highest BCUT2D eigenvalue weighted by atomic mass is 35.5. The maximum atomic E-state index is 12.0. The SMILES string of the molecule is COC[C@@]1(C(N)=S)[C@H](S(C)(=O)=O)[C@@H]1c1ccc(Cl)cc1. The molecule has 0 unspecified atom stereocenters. The second-order valence-electron chi connectivity index (χ2n) is 5.12. The van der Waals surface area contributed by atoms with Gasteiger partial charge in [-0.25, -0.2) is 8.42 Å². The lowest BCUT2D eigenvalue weighted by Crippen LogP contribution is -2.32. The van der Waals surface area contributed by atoms with Crippen LogP contribution in [0.4, 0.5) is 0 Å². The topological polar surface area (TPSA) is 69.4 Å². The van der Waals surface area contributed by atoms with Gasteiger partial charge in [0.2, 0.25) is 0 Å². The van der Waals surface area contributed by atoms with Crippen molar-refractivity contribution in [3.05, 3.63) is 34.9 Å². The molecule has 1 saturated carbocycles. The van der Waals surface area contributed by atoms with Crippen LogP contribution in [0.5, 0.6) is 0 Å². The molecule has 2 N–H and O–H groups in total. The van der Waals surface area contributed by atoms with Gasteiger partial charge in [0.1, 0.15) is 0 Å². The van der Waals surface area contributed by atoms with Crippen LogP contribution in [0, 0.1) is 5.41 Å². The van der Waals surface area contributed by atoms with Gasteiger partial charge in [-0.3, -0.25) is 0 Å². The highest BCUT2D eigenvalue weighted by Gasteiger charge is 2.71. The fourth-order valence-electron chi connectivity index (χ4n) is 2.95. The van der Waals surface area contributed by atoms with Gasteiger partial charge >= 0.3 is 0 Å². The summed E-state index contributed by atoms with van der Waals surface area (Å²) in [4.78, 5) is 0.176. The summed E-state index contributed by atoms with van der Waals surface area (Å²) in [6.07, 6.45) is 1.20. The van der Waals surface area contributed by atoms with Gasteiger partial charge in [-0.15, -0.1) is 0 Å². The minimum absolute atomic E-state index is 0.176. The summed E-state index contributed by atoms with van der Waals surface area (Å²) < 4.78 is 29.3. The smallest absolute Gasteiger partial charge is 0.152 e. The summed E-state index contributed by atoms with van der Waals surface area (Å²) in [5.74, 6) is -0.285. The van der Waals surface area contributed by atoms with E-state index >= 15 is 0 Å². The Morgan fingerprint density at radius 1 is 1.45 bits per heavy atom. The van der Waals surface area contributed by atoms with Crippen LogP contribution in [-0.4, -0.2) is 38.6 Å². The van der Waals surface area contributed by atoms with Crippen LogP contribution in [0.3, 0.4) is 0 Å². The predicted octanol–water partition coefficient (Wildman–Crippen LogP) is 1.77. The quantitative estimate of drug-likeness (QED) is 0.832. The number of ether oxygens (including phenoxy) is 1. The molecule has 20 heavy (non-hydrogen) atoms. The van der Waals surface area contributed by atoms with E-state index in [9.17, 15) is 8.42 Å².